The number of nitrogens with one attached hydrogen (secondary N) is 1. The van der Waals surface area contributed by atoms with Gasteiger partial charge in [0.25, 0.3) is 0 Å². The molecular weight excluding hydrogens is 390 g/mol. The molecule has 2 aromatic carbocycles. The monoisotopic (exact) mass is 415 g/mol. The normalized spacial score (nSPS) is 12.1. The molecule has 2 aromatic rings. The molecule has 0 aliphatic rings. The third-order valence-electron chi connectivity index (χ3n) is 3.66. The van der Waals surface area contributed by atoms with Gasteiger partial charge in [0.15, 0.2) is 9.84 Å². The molecule has 0 aliphatic heterocycles. The highest BCUT2D eigenvalue weighted by Gasteiger charge is 2.12. The lowest BCUT2D eigenvalue weighted by atomic mass is 10.2. The van der Waals surface area contributed by atoms with Crippen molar-refractivity contribution < 1.29 is 23.0 Å². The lowest BCUT2D eigenvalue weighted by molar-refractivity contribution is 0.105. The van der Waals surface area contributed by atoms with Gasteiger partial charge in [0, 0.05) is 19.3 Å². The SMILES string of the molecule is Cc1cc(OCC(O)CNCCOc2ccccc2)ccc1S(C)(=O)=O.Cl. The third-order valence-corrected chi connectivity index (χ3v) is 4.92. The first-order chi connectivity index (χ1) is 12.4. The van der Waals surface area contributed by atoms with Crippen molar-refractivity contribution in [1.29, 1.82) is 0 Å². The lowest BCUT2D eigenvalue weighted by Gasteiger charge is -2.14. The molecule has 6 nitrogen and oxygen atoms in total. The number of para-hydroxylation sites is 1. The topological polar surface area (TPSA) is 84.9 Å². The Morgan fingerprint density at radius 2 is 1.78 bits per heavy atom. The van der Waals surface area contributed by atoms with E-state index in [-0.39, 0.29) is 23.9 Å². The first kappa shape index (κ1) is 23.2. The molecule has 150 valence electrons. The number of benzene rings is 2. The van der Waals surface area contributed by atoms with Crippen LogP contribution in [0, 0.1) is 6.92 Å². The van der Waals surface area contributed by atoms with E-state index in [1.807, 2.05) is 30.3 Å². The van der Waals surface area contributed by atoms with Gasteiger partial charge in [0.2, 0.25) is 0 Å². The van der Waals surface area contributed by atoms with Crippen LogP contribution in [0.3, 0.4) is 0 Å². The molecule has 0 heterocycles. The highest BCUT2D eigenvalue weighted by atomic mass is 35.5. The molecule has 0 fully saturated rings. The smallest absolute Gasteiger partial charge is 0.175 e. The molecule has 8 heteroatoms. The van der Waals surface area contributed by atoms with Gasteiger partial charge in [-0.05, 0) is 42.8 Å². The number of hydrogen-bond acceptors (Lipinski definition) is 6. The minimum atomic E-state index is -3.25. The van der Waals surface area contributed by atoms with Gasteiger partial charge in [0.05, 0.1) is 4.90 Å². The highest BCUT2D eigenvalue weighted by molar-refractivity contribution is 7.90. The quantitative estimate of drug-likeness (QED) is 0.579. The maximum Gasteiger partial charge on any atom is 0.175 e. The summed E-state index contributed by atoms with van der Waals surface area (Å²) in [5.74, 6) is 1.34. The lowest BCUT2D eigenvalue weighted by Crippen LogP contribution is -2.33. The van der Waals surface area contributed by atoms with Gasteiger partial charge in [-0.3, -0.25) is 0 Å². The standard InChI is InChI=1S/C19H25NO5S.ClH/c1-15-12-18(8-9-19(15)26(2,22)23)25-14-16(21)13-20-10-11-24-17-6-4-3-5-7-17;/h3-9,12,16,20-21H,10-11,13-14H2,1-2H3;1H. The van der Waals surface area contributed by atoms with Gasteiger partial charge in [-0.2, -0.15) is 0 Å². The number of aliphatic hydroxyl groups excluding tert-OH is 1. The van der Waals surface area contributed by atoms with Crippen LogP contribution in [0.2, 0.25) is 0 Å². The molecule has 0 saturated carbocycles. The van der Waals surface area contributed by atoms with Crippen LogP contribution in [0.5, 0.6) is 11.5 Å². The van der Waals surface area contributed by atoms with Crippen molar-refractivity contribution in [2.24, 2.45) is 0 Å². The maximum atomic E-state index is 11.6. The molecule has 1 atom stereocenters. The Labute approximate surface area is 166 Å². The van der Waals surface area contributed by atoms with Crippen molar-refractivity contribution in [1.82, 2.24) is 5.32 Å². The van der Waals surface area contributed by atoms with E-state index in [1.165, 1.54) is 12.3 Å². The van der Waals surface area contributed by atoms with Gasteiger partial charge in [-0.1, -0.05) is 18.2 Å². The number of halogens is 1. The zero-order valence-electron chi connectivity index (χ0n) is 15.4. The van der Waals surface area contributed by atoms with Gasteiger partial charge < -0.3 is 19.9 Å². The van der Waals surface area contributed by atoms with Crippen LogP contribution in [-0.4, -0.2) is 52.2 Å². The van der Waals surface area contributed by atoms with Crippen molar-refractivity contribution in [3.8, 4) is 11.5 Å². The zero-order valence-corrected chi connectivity index (χ0v) is 17.1. The van der Waals surface area contributed by atoms with Crippen LogP contribution in [-0.2, 0) is 9.84 Å². The second-order valence-corrected chi connectivity index (χ2v) is 8.01. The Morgan fingerprint density at radius 3 is 2.41 bits per heavy atom. The van der Waals surface area contributed by atoms with E-state index in [4.69, 9.17) is 9.47 Å². The summed E-state index contributed by atoms with van der Waals surface area (Å²) in [6.07, 6.45) is 0.494. The second-order valence-electron chi connectivity index (χ2n) is 6.03. The Bertz CT molecular complexity index is 799. The van der Waals surface area contributed by atoms with Crippen LogP contribution in [0.1, 0.15) is 5.56 Å². The van der Waals surface area contributed by atoms with E-state index >= 15 is 0 Å². The minimum Gasteiger partial charge on any atom is -0.492 e. The molecule has 27 heavy (non-hydrogen) atoms. The second kappa shape index (κ2) is 11.1. The number of rotatable bonds is 10. The van der Waals surface area contributed by atoms with Crippen molar-refractivity contribution in [2.75, 3.05) is 32.6 Å². The number of ether oxygens (including phenoxy) is 2. The molecule has 0 amide bonds. The molecule has 2 N–H and O–H groups in total. The highest BCUT2D eigenvalue weighted by Crippen LogP contribution is 2.21. The summed E-state index contributed by atoms with van der Waals surface area (Å²) in [6, 6.07) is 14.3. The Morgan fingerprint density at radius 1 is 1.07 bits per heavy atom. The first-order valence-corrected chi connectivity index (χ1v) is 10.3. The van der Waals surface area contributed by atoms with Crippen LogP contribution in [0.15, 0.2) is 53.4 Å². The van der Waals surface area contributed by atoms with Crippen LogP contribution < -0.4 is 14.8 Å². The predicted octanol–water partition coefficient (Wildman–Crippen LogP) is 2.23. The summed E-state index contributed by atoms with van der Waals surface area (Å²) >= 11 is 0. The predicted molar refractivity (Wildman–Crippen MR) is 108 cm³/mol. The van der Waals surface area contributed by atoms with Gasteiger partial charge in [0.1, 0.15) is 30.8 Å². The minimum absolute atomic E-state index is 0. The molecule has 0 radical (unpaired) electrons. The molecule has 0 aliphatic carbocycles. The van der Waals surface area contributed by atoms with E-state index in [0.29, 0.717) is 31.0 Å². The molecule has 1 unspecified atom stereocenters. The van der Waals surface area contributed by atoms with Gasteiger partial charge in [-0.25, -0.2) is 8.42 Å². The first-order valence-electron chi connectivity index (χ1n) is 8.36. The van der Waals surface area contributed by atoms with Crippen molar-refractivity contribution in [2.45, 2.75) is 17.9 Å². The number of sulfone groups is 1. The maximum absolute atomic E-state index is 11.6. The van der Waals surface area contributed by atoms with Crippen LogP contribution in [0.4, 0.5) is 0 Å². The van der Waals surface area contributed by atoms with Crippen molar-refractivity contribution in [3.63, 3.8) is 0 Å². The van der Waals surface area contributed by atoms with Crippen molar-refractivity contribution in [3.05, 3.63) is 54.1 Å². The zero-order chi connectivity index (χ0) is 19.0. The van der Waals surface area contributed by atoms with Crippen LogP contribution in [0.25, 0.3) is 0 Å². The van der Waals surface area contributed by atoms with E-state index in [2.05, 4.69) is 5.32 Å². The van der Waals surface area contributed by atoms with E-state index in [9.17, 15) is 13.5 Å². The van der Waals surface area contributed by atoms with Crippen LogP contribution >= 0.6 is 12.4 Å². The summed E-state index contributed by atoms with van der Waals surface area (Å²) < 4.78 is 34.3. The average Bonchev–Trinajstić information content (AvgIpc) is 2.59. The summed E-state index contributed by atoms with van der Waals surface area (Å²) in [6.45, 7) is 3.31. The molecule has 2 rings (SSSR count). The molecule has 0 bridgehead atoms. The van der Waals surface area contributed by atoms with E-state index in [1.54, 1.807) is 19.1 Å². The Balaban J connectivity index is 0.00000364. The van der Waals surface area contributed by atoms with Gasteiger partial charge in [-0.15, -0.1) is 12.4 Å². The largest absolute Gasteiger partial charge is 0.492 e. The summed E-state index contributed by atoms with van der Waals surface area (Å²) in [4.78, 5) is 0.283. The third kappa shape index (κ3) is 8.17. The number of hydrogen-bond donors (Lipinski definition) is 2. The summed E-state index contributed by atoms with van der Waals surface area (Å²) in [7, 11) is -3.25. The summed E-state index contributed by atoms with van der Waals surface area (Å²) in [5, 5.41) is 13.1. The molecule has 0 aromatic heterocycles. The molecular formula is C19H26ClNO5S. The molecule has 0 saturated heterocycles. The van der Waals surface area contributed by atoms with E-state index in [0.717, 1.165) is 5.75 Å². The summed E-state index contributed by atoms with van der Waals surface area (Å²) in [5.41, 5.74) is 0.621. The Kier molecular flexibility index (Phi) is 9.59. The fourth-order valence-corrected chi connectivity index (χ4v) is 3.36. The average molecular weight is 416 g/mol. The Hall–Kier alpha value is -1.80. The number of aliphatic hydroxyl groups is 1. The van der Waals surface area contributed by atoms with E-state index < -0.39 is 15.9 Å². The fourth-order valence-electron chi connectivity index (χ4n) is 2.41. The molecule has 0 spiro atoms. The van der Waals surface area contributed by atoms with Gasteiger partial charge >= 0.3 is 0 Å². The van der Waals surface area contributed by atoms with Crippen molar-refractivity contribution >= 4 is 22.2 Å². The fraction of sp³-hybridized carbons (Fsp3) is 0.368. The number of aryl methyl sites for hydroxylation is 1.